The first-order chi connectivity index (χ1) is 41.3. The summed E-state index contributed by atoms with van der Waals surface area (Å²) >= 11 is 0. The van der Waals surface area contributed by atoms with Gasteiger partial charge in [0.1, 0.15) is 116 Å². The lowest BCUT2D eigenvalue weighted by atomic mass is 9.94. The van der Waals surface area contributed by atoms with Crippen LogP contribution in [0.3, 0.4) is 0 Å². The van der Waals surface area contributed by atoms with Gasteiger partial charge in [0, 0.05) is 0 Å². The topological polar surface area (TPSA) is 783 Å². The molecule has 0 radical (unpaired) electrons. The molecule has 0 saturated carbocycles. The molecule has 6 heterocycles. The van der Waals surface area contributed by atoms with Crippen molar-refractivity contribution in [2.75, 3.05) is 19.8 Å². The van der Waals surface area contributed by atoms with Gasteiger partial charge in [0.05, 0.1) is 19.8 Å². The first-order valence-corrected chi connectivity index (χ1v) is 31.7. The highest BCUT2D eigenvalue weighted by Crippen LogP contribution is 2.39. The second-order valence-electron chi connectivity index (χ2n) is 19.8. The lowest BCUT2D eigenvalue weighted by molar-refractivity contribution is -0.376. The highest BCUT2D eigenvalue weighted by molar-refractivity contribution is 7.84. The van der Waals surface area contributed by atoms with Gasteiger partial charge < -0.3 is 129 Å². The van der Waals surface area contributed by atoms with Crippen molar-refractivity contribution >= 4 is 69.6 Å². The van der Waals surface area contributed by atoms with Gasteiger partial charge in [0.25, 0.3) is 0 Å². The van der Waals surface area contributed by atoms with Gasteiger partial charge in [-0.15, -0.1) is 0 Å². The number of rotatable bonds is 26. The second kappa shape index (κ2) is 29.5. The zero-order chi connectivity index (χ0) is 68.0. The molecule has 0 bridgehead atoms. The average Bonchev–Trinajstić information content (AvgIpc) is 0.784. The smallest absolute Gasteiger partial charge is 0.397 e. The van der Waals surface area contributed by atoms with Crippen molar-refractivity contribution in [1.82, 2.24) is 14.2 Å². The molecule has 0 aromatic carbocycles. The van der Waals surface area contributed by atoms with E-state index in [9.17, 15) is 156 Å². The largest absolute Gasteiger partial charge is 0.479 e. The highest BCUT2D eigenvalue weighted by Gasteiger charge is 2.61. The molecule has 6 rings (SSSR count). The quantitative estimate of drug-likeness (QED) is 0.0358. The molecule has 0 unspecified atom stereocenters. The summed E-state index contributed by atoms with van der Waals surface area (Å²) in [6, 6.07) is -7.86. The summed E-state index contributed by atoms with van der Waals surface area (Å²) in [5.41, 5.74) is 0. The Morgan fingerprint density at radius 3 is 0.956 bits per heavy atom. The molecule has 6 aliphatic rings. The van der Waals surface area contributed by atoms with Crippen LogP contribution in [0.4, 0.5) is 0 Å². The van der Waals surface area contributed by atoms with Crippen LogP contribution in [0.5, 0.6) is 0 Å². The van der Waals surface area contributed by atoms with Gasteiger partial charge >= 0.3 is 69.6 Å². The van der Waals surface area contributed by atoms with Crippen LogP contribution in [-0.4, -0.2) is 363 Å². The average molecular weight is 1430 g/mol. The van der Waals surface area contributed by atoms with Gasteiger partial charge in [-0.25, -0.2) is 22.7 Å². The van der Waals surface area contributed by atoms with Crippen molar-refractivity contribution in [3.8, 4) is 0 Å². The molecular formula is C36H59N3O46S5. The summed E-state index contributed by atoms with van der Waals surface area (Å²) in [7, 11) is -28.9. The zero-order valence-corrected chi connectivity index (χ0v) is 48.1. The van der Waals surface area contributed by atoms with E-state index in [1.807, 2.05) is 0 Å². The predicted octanol–water partition coefficient (Wildman–Crippen LogP) is -16.0. The number of carboxylic acids is 3. The third kappa shape index (κ3) is 18.4. The van der Waals surface area contributed by atoms with Crippen molar-refractivity contribution < 1.29 is 216 Å². The fraction of sp³-hybridized carbons (Fsp3) is 0.917. The molecule has 30 atom stereocenters. The molecule has 6 saturated heterocycles. The van der Waals surface area contributed by atoms with Gasteiger partial charge in [0.2, 0.25) is 0 Å². The number of aliphatic carboxylic acids is 3. The first-order valence-electron chi connectivity index (χ1n) is 24.7. The normalized spacial score (nSPS) is 43.5. The van der Waals surface area contributed by atoms with Gasteiger partial charge in [-0.3, -0.25) is 22.8 Å². The maximum absolute atomic E-state index is 12.9. The van der Waals surface area contributed by atoms with Crippen molar-refractivity contribution in [2.24, 2.45) is 0 Å². The van der Waals surface area contributed by atoms with Crippen LogP contribution in [0.2, 0.25) is 0 Å². The summed E-state index contributed by atoms with van der Waals surface area (Å²) in [5.74, 6) is -6.65. The van der Waals surface area contributed by atoms with E-state index in [1.165, 1.54) is 14.2 Å². The number of hydrogen-bond acceptors (Lipinski definition) is 38. The fourth-order valence-corrected chi connectivity index (χ4v) is 12.6. The Morgan fingerprint density at radius 1 is 0.333 bits per heavy atom. The number of carbonyl (C=O) groups is 3. The lowest BCUT2D eigenvalue weighted by Gasteiger charge is -2.50. The van der Waals surface area contributed by atoms with Crippen LogP contribution in [0.1, 0.15) is 0 Å². The first kappa shape index (κ1) is 75.9. The Morgan fingerprint density at radius 2 is 0.633 bits per heavy atom. The minimum atomic E-state index is -6.07. The van der Waals surface area contributed by atoms with Crippen LogP contribution in [0, 0.1) is 0 Å². The van der Waals surface area contributed by atoms with Crippen LogP contribution >= 0.6 is 0 Å². The molecule has 0 spiro atoms. The van der Waals surface area contributed by atoms with Crippen molar-refractivity contribution in [3.05, 3.63) is 0 Å². The highest BCUT2D eigenvalue weighted by atomic mass is 32.3. The maximum Gasteiger partial charge on any atom is 0.397 e. The van der Waals surface area contributed by atoms with E-state index in [1.54, 1.807) is 0 Å². The number of nitrogens with one attached hydrogen (secondary N) is 3. The number of hydrogen-bond donors (Lipinski definition) is 23. The summed E-state index contributed by atoms with van der Waals surface area (Å²) in [5, 5.41) is 159. The SMILES string of the molecule is O=C(O)[C@H]1O[C@@H](O[C@H]2[C@H](O)[C@@H](NS(=O)(=O)O)[C@@H](O[C@H]3[C@H](O)[C@@H](OS(=O)(=O)O)[C@H](O[C@H]4[C@H](O)[C@@H](NS(=O)(=O)O)[C@@H](O[C@H]5[C@H](O)[C@H](OS(=O)(=O)O)[C@H](O[C@H]6[C@H](O)[C@@H](NS(=O)(=O)O)[C@@H](O)O[C@@H]6CO)O[C@H]5C(=O)O)O[C@@H]4CO)O[C@H]3C(=O)O)O[C@@H]2CO)[C@H](O)[C@@H](O)[C@@H]1O. The van der Waals surface area contributed by atoms with Crippen LogP contribution in [0.15, 0.2) is 0 Å². The third-order valence-electron chi connectivity index (χ3n) is 13.7. The Bertz CT molecular complexity index is 3080. The molecule has 54 heteroatoms. The molecule has 49 nitrogen and oxygen atoms in total. The Labute approximate surface area is 502 Å². The molecule has 90 heavy (non-hydrogen) atoms. The number of aliphatic hydroxyl groups excluding tert-OH is 12. The van der Waals surface area contributed by atoms with Crippen molar-refractivity contribution in [3.63, 3.8) is 0 Å². The van der Waals surface area contributed by atoms with E-state index in [-0.39, 0.29) is 0 Å². The van der Waals surface area contributed by atoms with Crippen molar-refractivity contribution in [2.45, 2.75) is 184 Å². The summed E-state index contributed by atoms with van der Waals surface area (Å²) in [4.78, 5) is 37.4. The van der Waals surface area contributed by atoms with Gasteiger partial charge in [0.15, 0.2) is 68.3 Å². The second-order valence-corrected chi connectivity index (χ2v) is 25.4. The van der Waals surface area contributed by atoms with E-state index in [4.69, 9.17) is 52.1 Å². The number of aliphatic hydroxyl groups is 12. The van der Waals surface area contributed by atoms with E-state index in [0.717, 1.165) is 0 Å². The standard InChI is InChI=1S/C36H59N3O46S5/c40-1-4-18(10(43)7(31(57)73-4)37-86(58,59)60)77-35-24(84-89(67,68)69)16(49)21(26(82-35)29(53)54)80-33-9(39-88(64,65)66)12(45)20(6(3-42)75-33)78-36-25(85-90(70,71)72)17(50)22(27(83-36)30(55)56)79-32-8(38-87(61,62)63)11(44)19(5(2-41)74-32)76-34-15(48)13(46)14(47)23(81-34)28(51)52/h4-27,31-50,57H,1-3H2,(H,51,52)(H,53,54)(H,55,56)(H,58,59,60)(H,61,62,63)(H,64,65,66)(H,67,68,69)(H,70,71,72)/t4-,5-,6-,7-,8-,9-,10-,11-,12-,13+,14+,15-,16+,17+,18-,19-,20-,21+,22+,23+,24+,25-,26-,27-,31+,32-,33-,34-,35-,36-/m1/s1. The predicted molar refractivity (Wildman–Crippen MR) is 259 cm³/mol. The van der Waals surface area contributed by atoms with Crippen LogP contribution < -0.4 is 14.2 Å². The summed E-state index contributed by atoms with van der Waals surface area (Å²) < 4.78 is 241. The van der Waals surface area contributed by atoms with Gasteiger partial charge in [-0.2, -0.15) is 56.3 Å². The molecule has 0 aromatic heterocycles. The molecule has 0 aromatic rings. The molecular weight excluding hydrogens is 1370 g/mol. The molecule has 6 aliphatic heterocycles. The van der Waals surface area contributed by atoms with Gasteiger partial charge in [-0.1, -0.05) is 0 Å². The Hall–Kier alpha value is -3.16. The number of carboxylic acid groups (broad SMARTS) is 3. The lowest BCUT2D eigenvalue weighted by Crippen LogP contribution is -2.71. The molecule has 0 amide bonds. The molecule has 23 N–H and O–H groups in total. The Kier molecular flexibility index (Phi) is 24.8. The molecule has 6 fully saturated rings. The fourth-order valence-electron chi connectivity index (χ4n) is 9.84. The van der Waals surface area contributed by atoms with E-state index >= 15 is 0 Å². The minimum Gasteiger partial charge on any atom is -0.479 e. The van der Waals surface area contributed by atoms with E-state index < -0.39 is 273 Å². The van der Waals surface area contributed by atoms with Crippen LogP contribution in [-0.2, 0) is 127 Å². The Balaban J connectivity index is 1.31. The monoisotopic (exact) mass is 1430 g/mol. The zero-order valence-electron chi connectivity index (χ0n) is 44.0. The maximum atomic E-state index is 12.9. The number of ether oxygens (including phenoxy) is 11. The molecule has 0 aliphatic carbocycles. The van der Waals surface area contributed by atoms with Crippen molar-refractivity contribution in [1.29, 1.82) is 0 Å². The summed E-state index contributed by atoms with van der Waals surface area (Å²) in [6.45, 7) is -4.37. The van der Waals surface area contributed by atoms with E-state index in [0.29, 0.717) is 0 Å². The molecule has 524 valence electrons. The summed E-state index contributed by atoms with van der Waals surface area (Å²) in [6.07, 6.45) is -72.0. The van der Waals surface area contributed by atoms with Gasteiger partial charge in [-0.05, 0) is 0 Å². The minimum absolute atomic E-state index is 1.27. The third-order valence-corrected chi connectivity index (χ3v) is 16.3. The van der Waals surface area contributed by atoms with E-state index in [2.05, 4.69) is 8.37 Å². The van der Waals surface area contributed by atoms with Crippen LogP contribution in [0.25, 0.3) is 0 Å².